The van der Waals surface area contributed by atoms with Crippen LogP contribution in [-0.4, -0.2) is 29.3 Å². The second-order valence-corrected chi connectivity index (χ2v) is 7.10. The summed E-state index contributed by atoms with van der Waals surface area (Å²) in [6.45, 7) is 2.24. The highest BCUT2D eigenvalue weighted by molar-refractivity contribution is 5.85. The Hall–Kier alpha value is -1.52. The van der Waals surface area contributed by atoms with Crippen molar-refractivity contribution < 1.29 is 9.90 Å². The predicted octanol–water partition coefficient (Wildman–Crippen LogP) is 4.46. The minimum Gasteiger partial charge on any atom is -0.465 e. The third-order valence-corrected chi connectivity index (χ3v) is 5.33. The fourth-order valence-electron chi connectivity index (χ4n) is 3.91. The Labute approximate surface area is 156 Å². The molecule has 0 heterocycles. The van der Waals surface area contributed by atoms with Gasteiger partial charge in [-0.25, -0.2) is 4.79 Å². The Kier molecular flexibility index (Phi) is 7.33. The van der Waals surface area contributed by atoms with Crippen molar-refractivity contribution in [2.45, 2.75) is 63.6 Å². The van der Waals surface area contributed by atoms with E-state index in [0.29, 0.717) is 18.0 Å². The smallest absolute Gasteiger partial charge is 0.404 e. The molecule has 0 radical (unpaired) electrons. The number of benzene rings is 1. The van der Waals surface area contributed by atoms with Gasteiger partial charge in [-0.05, 0) is 50.0 Å². The Morgan fingerprint density at radius 2 is 1.80 bits per heavy atom. The van der Waals surface area contributed by atoms with Crippen molar-refractivity contribution in [1.29, 1.82) is 0 Å². The van der Waals surface area contributed by atoms with Crippen LogP contribution in [0.15, 0.2) is 35.9 Å². The molecule has 3 rings (SSSR count). The van der Waals surface area contributed by atoms with Crippen LogP contribution in [0.25, 0.3) is 6.08 Å². The minimum absolute atomic E-state index is 0. The van der Waals surface area contributed by atoms with E-state index in [0.717, 1.165) is 32.1 Å². The lowest BCUT2D eigenvalue weighted by atomic mass is 9.91. The van der Waals surface area contributed by atoms with Gasteiger partial charge in [0.25, 0.3) is 0 Å². The maximum atomic E-state index is 10.7. The van der Waals surface area contributed by atoms with E-state index in [1.165, 1.54) is 12.0 Å². The van der Waals surface area contributed by atoms with E-state index in [2.05, 4.69) is 54.0 Å². The summed E-state index contributed by atoms with van der Waals surface area (Å²) in [7, 11) is 0. The van der Waals surface area contributed by atoms with Crippen LogP contribution < -0.4 is 10.6 Å². The standard InChI is InChI=1S/C20H28N2O2.ClH/c1-2-15(12-14-6-4-3-5-7-14)18-13-19(18)21-16-8-10-17(11-9-16)22-20(23)24;/h3-7,12,16-19,21-22H,2,8-11,13H2,1H3,(H,23,24);1H/b15-12+;/t16-,17-,18?,19?;. The first-order valence-electron chi connectivity index (χ1n) is 9.16. The maximum absolute atomic E-state index is 10.7. The molecule has 1 aromatic rings. The molecule has 0 aliphatic heterocycles. The van der Waals surface area contributed by atoms with Gasteiger partial charge in [0.15, 0.2) is 0 Å². The molecule has 1 aromatic carbocycles. The number of hydrogen-bond donors (Lipinski definition) is 3. The van der Waals surface area contributed by atoms with Crippen LogP contribution in [0.3, 0.4) is 0 Å². The van der Waals surface area contributed by atoms with Crippen LogP contribution in [0.5, 0.6) is 0 Å². The highest BCUT2D eigenvalue weighted by Crippen LogP contribution is 2.40. The molecule has 2 aliphatic carbocycles. The van der Waals surface area contributed by atoms with E-state index >= 15 is 0 Å². The van der Waals surface area contributed by atoms with Crippen molar-refractivity contribution in [3.63, 3.8) is 0 Å². The van der Waals surface area contributed by atoms with E-state index in [-0.39, 0.29) is 18.4 Å². The molecule has 1 amide bonds. The lowest BCUT2D eigenvalue weighted by Gasteiger charge is -2.29. The fourth-order valence-corrected chi connectivity index (χ4v) is 3.91. The molecular weight excluding hydrogens is 336 g/mol. The topological polar surface area (TPSA) is 61.4 Å². The summed E-state index contributed by atoms with van der Waals surface area (Å²) in [5.74, 6) is 0.671. The SMILES string of the molecule is CC/C(=C\c1ccccc1)C1CC1N[C@H]1CC[C@H](NC(=O)O)CC1.Cl. The van der Waals surface area contributed by atoms with Gasteiger partial charge in [-0.3, -0.25) is 0 Å². The lowest BCUT2D eigenvalue weighted by molar-refractivity contribution is 0.183. The highest BCUT2D eigenvalue weighted by Gasteiger charge is 2.40. The number of amides is 1. The average molecular weight is 365 g/mol. The first kappa shape index (κ1) is 19.8. The summed E-state index contributed by atoms with van der Waals surface area (Å²) < 4.78 is 0. The van der Waals surface area contributed by atoms with Crippen LogP contribution in [-0.2, 0) is 0 Å². The summed E-state index contributed by atoms with van der Waals surface area (Å²) in [4.78, 5) is 10.7. The lowest BCUT2D eigenvalue weighted by Crippen LogP contribution is -2.42. The largest absolute Gasteiger partial charge is 0.465 e. The summed E-state index contributed by atoms with van der Waals surface area (Å²) in [5.41, 5.74) is 2.83. The molecule has 2 unspecified atom stereocenters. The molecule has 0 spiro atoms. The zero-order chi connectivity index (χ0) is 16.9. The van der Waals surface area contributed by atoms with Gasteiger partial charge in [0.2, 0.25) is 0 Å². The van der Waals surface area contributed by atoms with E-state index in [1.54, 1.807) is 5.57 Å². The second kappa shape index (κ2) is 9.25. The Bertz CT molecular complexity index is 583. The quantitative estimate of drug-likeness (QED) is 0.698. The number of rotatable bonds is 6. The van der Waals surface area contributed by atoms with Gasteiger partial charge < -0.3 is 15.7 Å². The van der Waals surface area contributed by atoms with Gasteiger partial charge in [-0.2, -0.15) is 0 Å². The first-order chi connectivity index (χ1) is 11.7. The Morgan fingerprint density at radius 3 is 2.40 bits per heavy atom. The summed E-state index contributed by atoms with van der Waals surface area (Å²) in [5, 5.41) is 15.2. The predicted molar refractivity (Wildman–Crippen MR) is 104 cm³/mol. The molecule has 3 N–H and O–H groups in total. The number of halogens is 1. The number of hydrogen-bond acceptors (Lipinski definition) is 2. The van der Waals surface area contributed by atoms with Crippen LogP contribution >= 0.6 is 12.4 Å². The van der Waals surface area contributed by atoms with Gasteiger partial charge in [0.1, 0.15) is 0 Å². The molecule has 2 fully saturated rings. The summed E-state index contributed by atoms with van der Waals surface area (Å²) in [6, 6.07) is 11.8. The third kappa shape index (κ3) is 5.75. The molecule has 0 saturated heterocycles. The van der Waals surface area contributed by atoms with Crippen LogP contribution in [0.1, 0.15) is 51.0 Å². The normalized spacial score (nSPS) is 28.8. The molecule has 0 bridgehead atoms. The van der Waals surface area contributed by atoms with E-state index in [1.807, 2.05) is 0 Å². The van der Waals surface area contributed by atoms with Crippen molar-refractivity contribution in [3.8, 4) is 0 Å². The molecule has 2 atom stereocenters. The van der Waals surface area contributed by atoms with Gasteiger partial charge in [0.05, 0.1) is 0 Å². The molecule has 2 saturated carbocycles. The summed E-state index contributed by atoms with van der Waals surface area (Å²) >= 11 is 0. The van der Waals surface area contributed by atoms with E-state index in [4.69, 9.17) is 5.11 Å². The Balaban J connectivity index is 0.00000225. The van der Waals surface area contributed by atoms with Gasteiger partial charge in [-0.15, -0.1) is 12.4 Å². The van der Waals surface area contributed by atoms with Gasteiger partial charge in [-0.1, -0.05) is 48.9 Å². The maximum Gasteiger partial charge on any atom is 0.404 e. The Morgan fingerprint density at radius 1 is 1.16 bits per heavy atom. The molecular formula is C20H29ClN2O2. The van der Waals surface area contributed by atoms with Crippen molar-refractivity contribution >= 4 is 24.6 Å². The van der Waals surface area contributed by atoms with E-state index in [9.17, 15) is 4.79 Å². The van der Waals surface area contributed by atoms with Crippen LogP contribution in [0.2, 0.25) is 0 Å². The highest BCUT2D eigenvalue weighted by atomic mass is 35.5. The molecule has 2 aliphatic rings. The van der Waals surface area contributed by atoms with Gasteiger partial charge in [0, 0.05) is 18.1 Å². The van der Waals surface area contributed by atoms with Crippen LogP contribution in [0.4, 0.5) is 4.79 Å². The van der Waals surface area contributed by atoms with Crippen molar-refractivity contribution in [2.24, 2.45) is 5.92 Å². The van der Waals surface area contributed by atoms with Crippen molar-refractivity contribution in [2.75, 3.05) is 0 Å². The monoisotopic (exact) mass is 364 g/mol. The van der Waals surface area contributed by atoms with Crippen LogP contribution in [0, 0.1) is 5.92 Å². The zero-order valence-electron chi connectivity index (χ0n) is 14.8. The number of carbonyl (C=O) groups is 1. The van der Waals surface area contributed by atoms with Gasteiger partial charge >= 0.3 is 6.09 Å². The first-order valence-corrected chi connectivity index (χ1v) is 9.16. The van der Waals surface area contributed by atoms with Crippen molar-refractivity contribution in [3.05, 3.63) is 41.5 Å². The number of carboxylic acid groups (broad SMARTS) is 1. The second-order valence-electron chi connectivity index (χ2n) is 7.10. The minimum atomic E-state index is -0.896. The molecule has 138 valence electrons. The summed E-state index contributed by atoms with van der Waals surface area (Å²) in [6.07, 6.45) is 7.82. The van der Waals surface area contributed by atoms with E-state index < -0.39 is 6.09 Å². The van der Waals surface area contributed by atoms with Crippen molar-refractivity contribution in [1.82, 2.24) is 10.6 Å². The number of nitrogens with one attached hydrogen (secondary N) is 2. The molecule has 5 heteroatoms. The fraction of sp³-hybridized carbons (Fsp3) is 0.550. The molecule has 4 nitrogen and oxygen atoms in total. The molecule has 0 aromatic heterocycles. The molecule has 25 heavy (non-hydrogen) atoms. The third-order valence-electron chi connectivity index (χ3n) is 5.33. The zero-order valence-corrected chi connectivity index (χ0v) is 15.6. The average Bonchev–Trinajstić information content (AvgIpc) is 3.34.